The van der Waals surface area contributed by atoms with Crippen LogP contribution in [0.5, 0.6) is 0 Å². The number of imidazole rings is 1. The van der Waals surface area contributed by atoms with E-state index in [2.05, 4.69) is 4.98 Å². The molecule has 1 aliphatic rings. The van der Waals surface area contributed by atoms with Gasteiger partial charge >= 0.3 is 6.18 Å². The van der Waals surface area contributed by atoms with Crippen molar-refractivity contribution in [3.63, 3.8) is 0 Å². The fraction of sp³-hybridized carbons (Fsp3) is 0.357. The Morgan fingerprint density at radius 3 is 2.85 bits per heavy atom. The first-order valence-corrected chi connectivity index (χ1v) is 6.35. The lowest BCUT2D eigenvalue weighted by atomic mass is 10.1. The van der Waals surface area contributed by atoms with Crippen molar-refractivity contribution in [2.45, 2.75) is 31.7 Å². The van der Waals surface area contributed by atoms with Crippen LogP contribution in [0.4, 0.5) is 13.2 Å². The summed E-state index contributed by atoms with van der Waals surface area (Å²) in [5, 5.41) is 9.70. The van der Waals surface area contributed by atoms with E-state index in [1.807, 2.05) is 0 Å². The molecule has 1 N–H and O–H groups in total. The maximum atomic E-state index is 12.7. The average molecular weight is 282 g/mol. The Hall–Kier alpha value is -1.82. The molecule has 2 heterocycles. The molecule has 106 valence electrons. The van der Waals surface area contributed by atoms with Crippen molar-refractivity contribution in [2.24, 2.45) is 0 Å². The fourth-order valence-electron chi connectivity index (χ4n) is 2.50. The third kappa shape index (κ3) is 2.31. The van der Waals surface area contributed by atoms with Gasteiger partial charge in [-0.3, -0.25) is 0 Å². The summed E-state index contributed by atoms with van der Waals surface area (Å²) in [5.74, 6) is 0.477. The Labute approximate surface area is 113 Å². The van der Waals surface area contributed by atoms with Gasteiger partial charge in [0, 0.05) is 17.5 Å². The normalized spacial score (nSPS) is 18.9. The van der Waals surface area contributed by atoms with Gasteiger partial charge in [0.25, 0.3) is 0 Å². The number of rotatable bonds is 1. The van der Waals surface area contributed by atoms with E-state index in [9.17, 15) is 18.3 Å². The molecule has 0 saturated carbocycles. The minimum Gasteiger partial charge on any atom is -0.391 e. The molecular formula is C14H13F3N2O. The highest BCUT2D eigenvalue weighted by Crippen LogP contribution is 2.32. The molecule has 1 atom stereocenters. The molecule has 3 rings (SSSR count). The van der Waals surface area contributed by atoms with Crippen LogP contribution in [0, 0.1) is 0 Å². The van der Waals surface area contributed by atoms with Crippen LogP contribution in [-0.4, -0.2) is 20.8 Å². The van der Waals surface area contributed by atoms with Gasteiger partial charge in [-0.2, -0.15) is 13.2 Å². The van der Waals surface area contributed by atoms with E-state index < -0.39 is 17.8 Å². The van der Waals surface area contributed by atoms with Crippen LogP contribution >= 0.6 is 0 Å². The number of aryl methyl sites for hydroxylation is 1. The second-order valence-corrected chi connectivity index (χ2v) is 4.95. The number of benzene rings is 1. The molecule has 0 amide bonds. The molecule has 6 heteroatoms. The Morgan fingerprint density at radius 1 is 1.30 bits per heavy atom. The molecule has 0 spiro atoms. The highest BCUT2D eigenvalue weighted by atomic mass is 19.4. The maximum Gasteiger partial charge on any atom is 0.416 e. The number of hydrogen-bond donors (Lipinski definition) is 1. The van der Waals surface area contributed by atoms with Gasteiger partial charge in [-0.25, -0.2) is 4.98 Å². The minimum atomic E-state index is -4.37. The molecule has 0 aliphatic carbocycles. The number of aromatic nitrogens is 2. The molecule has 0 bridgehead atoms. The summed E-state index contributed by atoms with van der Waals surface area (Å²) in [6.45, 7) is 0.376. The number of aliphatic hydroxyl groups excluding tert-OH is 1. The first-order valence-electron chi connectivity index (χ1n) is 6.35. The Bertz CT molecular complexity index is 634. The van der Waals surface area contributed by atoms with Gasteiger partial charge in [0.05, 0.1) is 18.2 Å². The van der Waals surface area contributed by atoms with Crippen molar-refractivity contribution in [2.75, 3.05) is 0 Å². The van der Waals surface area contributed by atoms with Crippen LogP contribution in [0.2, 0.25) is 0 Å². The standard InChI is InChI=1S/C14H13F3N2O/c15-14(16,17)10-3-1-2-9(6-10)13-18-7-11-4-5-12(20)8-19(11)13/h1-3,6-7,12,20H,4-5,8H2. The van der Waals surface area contributed by atoms with E-state index in [4.69, 9.17) is 0 Å². The lowest BCUT2D eigenvalue weighted by molar-refractivity contribution is -0.137. The van der Waals surface area contributed by atoms with Crippen molar-refractivity contribution in [3.8, 4) is 11.4 Å². The zero-order valence-corrected chi connectivity index (χ0v) is 10.6. The molecule has 1 aromatic carbocycles. The van der Waals surface area contributed by atoms with Crippen molar-refractivity contribution < 1.29 is 18.3 Å². The van der Waals surface area contributed by atoms with Crippen LogP contribution < -0.4 is 0 Å². The quantitative estimate of drug-likeness (QED) is 0.873. The number of aliphatic hydroxyl groups is 1. The second kappa shape index (κ2) is 4.63. The largest absolute Gasteiger partial charge is 0.416 e. The average Bonchev–Trinajstić information content (AvgIpc) is 2.81. The second-order valence-electron chi connectivity index (χ2n) is 4.95. The van der Waals surface area contributed by atoms with E-state index in [1.54, 1.807) is 16.8 Å². The highest BCUT2D eigenvalue weighted by molar-refractivity contribution is 5.58. The highest BCUT2D eigenvalue weighted by Gasteiger charge is 2.31. The van der Waals surface area contributed by atoms with Gasteiger partial charge in [-0.15, -0.1) is 0 Å². The van der Waals surface area contributed by atoms with Gasteiger partial charge in [0.1, 0.15) is 5.82 Å². The zero-order chi connectivity index (χ0) is 14.3. The minimum absolute atomic E-state index is 0.376. The number of alkyl halides is 3. The molecule has 0 saturated heterocycles. The smallest absolute Gasteiger partial charge is 0.391 e. The lowest BCUT2D eigenvalue weighted by Gasteiger charge is -2.21. The van der Waals surface area contributed by atoms with Gasteiger partial charge < -0.3 is 9.67 Å². The number of halogens is 3. The number of fused-ring (bicyclic) bond motifs is 1. The van der Waals surface area contributed by atoms with E-state index in [1.165, 1.54) is 6.07 Å². The fourth-order valence-corrected chi connectivity index (χ4v) is 2.50. The van der Waals surface area contributed by atoms with Crippen LogP contribution in [-0.2, 0) is 19.1 Å². The van der Waals surface area contributed by atoms with Gasteiger partial charge in [0.2, 0.25) is 0 Å². The van der Waals surface area contributed by atoms with E-state index in [0.717, 1.165) is 17.8 Å². The summed E-state index contributed by atoms with van der Waals surface area (Å²) in [6.07, 6.45) is -1.82. The van der Waals surface area contributed by atoms with Gasteiger partial charge in [0.15, 0.2) is 0 Å². The third-order valence-corrected chi connectivity index (χ3v) is 3.51. The molecule has 1 aliphatic heterocycles. The summed E-state index contributed by atoms with van der Waals surface area (Å²) in [5.41, 5.74) is 0.673. The molecule has 1 unspecified atom stereocenters. The monoisotopic (exact) mass is 282 g/mol. The predicted molar refractivity (Wildman–Crippen MR) is 67.0 cm³/mol. The van der Waals surface area contributed by atoms with Crippen LogP contribution in [0.25, 0.3) is 11.4 Å². The van der Waals surface area contributed by atoms with Gasteiger partial charge in [-0.1, -0.05) is 12.1 Å². The summed E-state index contributed by atoms with van der Waals surface area (Å²) >= 11 is 0. The molecule has 3 nitrogen and oxygen atoms in total. The number of nitrogens with zero attached hydrogens (tertiary/aromatic N) is 2. The zero-order valence-electron chi connectivity index (χ0n) is 10.6. The van der Waals surface area contributed by atoms with Crippen LogP contribution in [0.3, 0.4) is 0 Å². The molecule has 2 aromatic rings. The van der Waals surface area contributed by atoms with E-state index >= 15 is 0 Å². The van der Waals surface area contributed by atoms with Crippen molar-refractivity contribution in [3.05, 3.63) is 41.7 Å². The number of hydrogen-bond acceptors (Lipinski definition) is 2. The van der Waals surface area contributed by atoms with Crippen LogP contribution in [0.1, 0.15) is 17.7 Å². The summed E-state index contributed by atoms with van der Waals surface area (Å²) in [6, 6.07) is 5.11. The molecule has 1 aromatic heterocycles. The molecular weight excluding hydrogens is 269 g/mol. The summed E-state index contributed by atoms with van der Waals surface area (Å²) in [4.78, 5) is 4.21. The van der Waals surface area contributed by atoms with Gasteiger partial charge in [-0.05, 0) is 25.0 Å². The first kappa shape index (κ1) is 13.2. The summed E-state index contributed by atoms with van der Waals surface area (Å²) < 4.78 is 40.0. The Balaban J connectivity index is 2.04. The van der Waals surface area contributed by atoms with Crippen LogP contribution in [0.15, 0.2) is 30.5 Å². The topological polar surface area (TPSA) is 38.1 Å². The molecule has 20 heavy (non-hydrogen) atoms. The van der Waals surface area contributed by atoms with Crippen molar-refractivity contribution in [1.82, 2.24) is 9.55 Å². The molecule has 0 radical (unpaired) electrons. The van der Waals surface area contributed by atoms with E-state index in [0.29, 0.717) is 30.8 Å². The summed E-state index contributed by atoms with van der Waals surface area (Å²) in [7, 11) is 0. The SMILES string of the molecule is OC1CCc2cnc(-c3cccc(C(F)(F)F)c3)n2C1. The maximum absolute atomic E-state index is 12.7. The van der Waals surface area contributed by atoms with Crippen molar-refractivity contribution >= 4 is 0 Å². The van der Waals surface area contributed by atoms with Crippen molar-refractivity contribution in [1.29, 1.82) is 0 Å². The molecule has 0 fully saturated rings. The third-order valence-electron chi connectivity index (χ3n) is 3.51. The Morgan fingerprint density at radius 2 is 2.10 bits per heavy atom. The predicted octanol–water partition coefficient (Wildman–Crippen LogP) is 2.88. The Kier molecular flexibility index (Phi) is 3.05. The first-order chi connectivity index (χ1) is 9.45. The van der Waals surface area contributed by atoms with E-state index in [-0.39, 0.29) is 0 Å². The lowest BCUT2D eigenvalue weighted by Crippen LogP contribution is -2.24.